The number of aromatic nitrogens is 2. The lowest BCUT2D eigenvalue weighted by molar-refractivity contribution is 0.0687. The number of carbonyl (C=O) groups excluding carboxylic acids is 1. The number of amides is 2. The van der Waals surface area contributed by atoms with E-state index in [0.717, 1.165) is 0 Å². The first kappa shape index (κ1) is 18.2. The number of aromatic carboxylic acids is 1. The Morgan fingerprint density at radius 3 is 2.65 bits per heavy atom. The van der Waals surface area contributed by atoms with Crippen molar-refractivity contribution >= 4 is 46.0 Å². The third-order valence-corrected chi connectivity index (χ3v) is 4.85. The van der Waals surface area contributed by atoms with Crippen molar-refractivity contribution in [3.63, 3.8) is 0 Å². The van der Waals surface area contributed by atoms with Crippen molar-refractivity contribution in [3.05, 3.63) is 50.6 Å². The summed E-state index contributed by atoms with van der Waals surface area (Å²) in [5.41, 5.74) is 1.45. The van der Waals surface area contributed by atoms with Gasteiger partial charge in [-0.05, 0) is 34.7 Å². The highest BCUT2D eigenvalue weighted by molar-refractivity contribution is 14.1. The SMILES string of the molecule is [C-]#[N+]c1ccc(NC(=O)N2Cc3c(C(=O)O)c(I)nn3CC2CO)cc1. The summed E-state index contributed by atoms with van der Waals surface area (Å²) in [6, 6.07) is 5.41. The Kier molecular flexibility index (Phi) is 5.10. The molecular formula is C16H14IN5O4. The largest absolute Gasteiger partial charge is 0.478 e. The van der Waals surface area contributed by atoms with E-state index in [2.05, 4.69) is 15.3 Å². The van der Waals surface area contributed by atoms with Crippen molar-refractivity contribution in [1.82, 2.24) is 14.7 Å². The Labute approximate surface area is 162 Å². The minimum absolute atomic E-state index is 0.0227. The van der Waals surface area contributed by atoms with Gasteiger partial charge in [0.05, 0.1) is 38.0 Å². The molecule has 9 nitrogen and oxygen atoms in total. The molecule has 0 fully saturated rings. The first-order valence-corrected chi connectivity index (χ1v) is 8.67. The molecule has 0 saturated carbocycles. The molecule has 1 unspecified atom stereocenters. The predicted molar refractivity (Wildman–Crippen MR) is 100 cm³/mol. The van der Waals surface area contributed by atoms with Crippen LogP contribution in [0.2, 0.25) is 0 Å². The van der Waals surface area contributed by atoms with Crippen LogP contribution in [0.15, 0.2) is 24.3 Å². The molecule has 2 heterocycles. The van der Waals surface area contributed by atoms with E-state index in [0.29, 0.717) is 20.8 Å². The van der Waals surface area contributed by atoms with Crippen LogP contribution in [0.3, 0.4) is 0 Å². The Morgan fingerprint density at radius 1 is 1.38 bits per heavy atom. The number of carboxylic acids is 1. The molecule has 3 rings (SSSR count). The molecule has 1 aliphatic heterocycles. The van der Waals surface area contributed by atoms with Crippen molar-refractivity contribution in [2.75, 3.05) is 11.9 Å². The van der Waals surface area contributed by atoms with Gasteiger partial charge in [0.2, 0.25) is 0 Å². The maximum atomic E-state index is 12.7. The van der Waals surface area contributed by atoms with Crippen molar-refractivity contribution in [1.29, 1.82) is 0 Å². The van der Waals surface area contributed by atoms with Crippen molar-refractivity contribution < 1.29 is 19.8 Å². The summed E-state index contributed by atoms with van der Waals surface area (Å²) in [5, 5.41) is 25.9. The quantitative estimate of drug-likeness (QED) is 0.473. The van der Waals surface area contributed by atoms with Crippen LogP contribution in [-0.4, -0.2) is 49.5 Å². The van der Waals surface area contributed by atoms with E-state index < -0.39 is 18.0 Å². The van der Waals surface area contributed by atoms with Gasteiger partial charge < -0.3 is 20.4 Å². The molecule has 0 aliphatic carbocycles. The molecule has 2 aromatic rings. The third-order valence-electron chi connectivity index (χ3n) is 4.09. The molecule has 1 aromatic carbocycles. The number of carboxylic acid groups (broad SMARTS) is 1. The number of halogens is 1. The van der Waals surface area contributed by atoms with E-state index in [1.165, 1.54) is 9.58 Å². The van der Waals surface area contributed by atoms with E-state index in [-0.39, 0.29) is 25.3 Å². The van der Waals surface area contributed by atoms with E-state index in [1.807, 2.05) is 22.6 Å². The Morgan fingerprint density at radius 2 is 2.08 bits per heavy atom. The average Bonchev–Trinajstić information content (AvgIpc) is 2.95. The van der Waals surface area contributed by atoms with Crippen LogP contribution in [0.4, 0.5) is 16.2 Å². The van der Waals surface area contributed by atoms with Gasteiger partial charge >= 0.3 is 12.0 Å². The predicted octanol–water partition coefficient (Wildman–Crippen LogP) is 2.15. The van der Waals surface area contributed by atoms with E-state index in [4.69, 9.17) is 6.57 Å². The van der Waals surface area contributed by atoms with E-state index in [1.54, 1.807) is 24.3 Å². The van der Waals surface area contributed by atoms with Gasteiger partial charge in [-0.2, -0.15) is 5.10 Å². The van der Waals surface area contributed by atoms with Crippen molar-refractivity contribution in [2.24, 2.45) is 0 Å². The minimum Gasteiger partial charge on any atom is -0.478 e. The molecule has 10 heteroatoms. The molecular weight excluding hydrogens is 453 g/mol. The maximum absolute atomic E-state index is 12.7. The Balaban J connectivity index is 1.85. The fraction of sp³-hybridized carbons (Fsp3) is 0.250. The summed E-state index contributed by atoms with van der Waals surface area (Å²) in [5.74, 6) is -1.10. The summed E-state index contributed by atoms with van der Waals surface area (Å²) in [7, 11) is 0. The number of fused-ring (bicyclic) bond motifs is 1. The van der Waals surface area contributed by atoms with Gasteiger partial charge in [-0.25, -0.2) is 14.4 Å². The molecule has 3 N–H and O–H groups in total. The zero-order valence-electron chi connectivity index (χ0n) is 13.4. The smallest absolute Gasteiger partial charge is 0.340 e. The molecule has 2 amide bonds. The second-order valence-corrected chi connectivity index (χ2v) is 6.67. The summed E-state index contributed by atoms with van der Waals surface area (Å²) in [4.78, 5) is 28.8. The van der Waals surface area contributed by atoms with Gasteiger partial charge in [-0.15, -0.1) is 0 Å². The molecule has 1 aliphatic rings. The number of benzene rings is 1. The van der Waals surface area contributed by atoms with Crippen molar-refractivity contribution in [3.8, 4) is 0 Å². The number of rotatable bonds is 3. The Hall–Kier alpha value is -2.65. The third kappa shape index (κ3) is 3.35. The van der Waals surface area contributed by atoms with Gasteiger partial charge in [-0.3, -0.25) is 4.68 Å². The lowest BCUT2D eigenvalue weighted by Crippen LogP contribution is -2.50. The highest BCUT2D eigenvalue weighted by Crippen LogP contribution is 2.25. The summed E-state index contributed by atoms with van der Waals surface area (Å²) < 4.78 is 1.87. The second kappa shape index (κ2) is 7.30. The van der Waals surface area contributed by atoms with Crippen LogP contribution in [0.5, 0.6) is 0 Å². The molecule has 1 atom stereocenters. The maximum Gasteiger partial charge on any atom is 0.340 e. The summed E-state index contributed by atoms with van der Waals surface area (Å²) in [6.45, 7) is 6.89. The lowest BCUT2D eigenvalue weighted by atomic mass is 10.1. The van der Waals surface area contributed by atoms with Gasteiger partial charge in [0.15, 0.2) is 5.69 Å². The molecule has 26 heavy (non-hydrogen) atoms. The highest BCUT2D eigenvalue weighted by atomic mass is 127. The number of aliphatic hydroxyl groups is 1. The highest BCUT2D eigenvalue weighted by Gasteiger charge is 2.34. The van der Waals surface area contributed by atoms with Crippen LogP contribution >= 0.6 is 22.6 Å². The van der Waals surface area contributed by atoms with Crippen LogP contribution in [-0.2, 0) is 13.1 Å². The van der Waals surface area contributed by atoms with Crippen LogP contribution < -0.4 is 5.32 Å². The number of aliphatic hydroxyl groups excluding tert-OH is 1. The summed E-state index contributed by atoms with van der Waals surface area (Å²) in [6.07, 6.45) is 0. The number of hydrogen-bond donors (Lipinski definition) is 3. The van der Waals surface area contributed by atoms with Gasteiger partial charge in [-0.1, -0.05) is 12.1 Å². The topological polar surface area (TPSA) is 112 Å². The molecule has 0 radical (unpaired) electrons. The number of carbonyl (C=O) groups is 2. The van der Waals surface area contributed by atoms with Gasteiger partial charge in [0.1, 0.15) is 9.26 Å². The first-order valence-electron chi connectivity index (χ1n) is 7.59. The fourth-order valence-corrected chi connectivity index (χ4v) is 3.59. The number of hydrogen-bond acceptors (Lipinski definition) is 4. The number of nitrogens with zero attached hydrogens (tertiary/aromatic N) is 4. The summed E-state index contributed by atoms with van der Waals surface area (Å²) >= 11 is 1.85. The number of nitrogens with one attached hydrogen (secondary N) is 1. The molecule has 0 saturated heterocycles. The van der Waals surface area contributed by atoms with Gasteiger partial charge in [0, 0.05) is 5.69 Å². The van der Waals surface area contributed by atoms with Gasteiger partial charge in [0.25, 0.3) is 0 Å². The standard InChI is InChI=1S/C16H14IN5O4/c1-18-9-2-4-10(5-3-9)19-16(26)21-7-12-13(15(24)25)14(17)20-22(12)6-11(21)8-23/h2-5,11,23H,6-8H2,(H,19,26)(H,24,25). The first-order chi connectivity index (χ1) is 12.4. The molecule has 0 bridgehead atoms. The van der Waals surface area contributed by atoms with Crippen molar-refractivity contribution in [2.45, 2.75) is 19.1 Å². The molecule has 134 valence electrons. The minimum atomic E-state index is -1.10. The number of anilines is 1. The van der Waals surface area contributed by atoms with Crippen LogP contribution in [0.25, 0.3) is 4.85 Å². The molecule has 0 spiro atoms. The number of urea groups is 1. The molecule has 1 aromatic heterocycles. The van der Waals surface area contributed by atoms with Crippen LogP contribution in [0.1, 0.15) is 16.1 Å². The lowest BCUT2D eigenvalue weighted by Gasteiger charge is -2.35. The van der Waals surface area contributed by atoms with E-state index >= 15 is 0 Å². The zero-order chi connectivity index (χ0) is 18.8. The second-order valence-electron chi connectivity index (χ2n) is 5.65. The Bertz CT molecular complexity index is 903. The van der Waals surface area contributed by atoms with Crippen LogP contribution in [0, 0.1) is 10.3 Å². The average molecular weight is 467 g/mol. The zero-order valence-corrected chi connectivity index (χ0v) is 15.5. The fourth-order valence-electron chi connectivity index (χ4n) is 2.78. The normalized spacial score (nSPS) is 15.9. The van der Waals surface area contributed by atoms with E-state index in [9.17, 15) is 19.8 Å². The monoisotopic (exact) mass is 467 g/mol.